The van der Waals surface area contributed by atoms with Crippen molar-refractivity contribution < 1.29 is 27.1 Å². The first-order chi connectivity index (χ1) is 16.3. The molecule has 0 bridgehead atoms. The van der Waals surface area contributed by atoms with Gasteiger partial charge in [0.25, 0.3) is 0 Å². The first kappa shape index (κ1) is 23.9. The molecule has 0 spiro atoms. The Kier molecular flexibility index (Phi) is 7.26. The standard InChI is InChI=1S/C25H25FN2O5S/c1-18-4-2-3-5-19(18)16-25(29)27-23-17-22(34(30,31)28-12-14-32-15-13-28)10-11-24(23)33-21-8-6-20(26)7-9-21/h2-11,17H,12-16H2,1H3,(H,27,29). The quantitative estimate of drug-likeness (QED) is 0.545. The Labute approximate surface area is 198 Å². The molecule has 0 saturated carbocycles. The number of carbonyl (C=O) groups excluding carboxylic acids is 1. The summed E-state index contributed by atoms with van der Waals surface area (Å²) in [5, 5.41) is 2.79. The molecule has 0 aromatic heterocycles. The van der Waals surface area contributed by atoms with Crippen LogP contribution in [-0.4, -0.2) is 44.9 Å². The molecule has 1 amide bonds. The second-order valence-electron chi connectivity index (χ2n) is 7.88. The average Bonchev–Trinajstić information content (AvgIpc) is 2.83. The summed E-state index contributed by atoms with van der Waals surface area (Å²) in [4.78, 5) is 12.9. The largest absolute Gasteiger partial charge is 0.455 e. The van der Waals surface area contributed by atoms with Crippen LogP contribution in [0.5, 0.6) is 11.5 Å². The molecule has 1 aliphatic heterocycles. The molecule has 3 aromatic rings. The van der Waals surface area contributed by atoms with Gasteiger partial charge in [-0.3, -0.25) is 4.79 Å². The van der Waals surface area contributed by atoms with Gasteiger partial charge in [0.05, 0.1) is 30.2 Å². The molecule has 9 heteroatoms. The highest BCUT2D eigenvalue weighted by Gasteiger charge is 2.27. The second kappa shape index (κ2) is 10.3. The van der Waals surface area contributed by atoms with Crippen molar-refractivity contribution in [1.82, 2.24) is 4.31 Å². The van der Waals surface area contributed by atoms with Crippen LogP contribution in [0.2, 0.25) is 0 Å². The van der Waals surface area contributed by atoms with E-state index in [1.807, 2.05) is 31.2 Å². The number of hydrogen-bond donors (Lipinski definition) is 1. The highest BCUT2D eigenvalue weighted by Crippen LogP contribution is 2.33. The number of carbonyl (C=O) groups is 1. The van der Waals surface area contributed by atoms with E-state index in [2.05, 4.69) is 5.32 Å². The third-order valence-electron chi connectivity index (χ3n) is 5.49. The Morgan fingerprint density at radius 3 is 2.47 bits per heavy atom. The van der Waals surface area contributed by atoms with Crippen LogP contribution < -0.4 is 10.1 Å². The molecule has 1 heterocycles. The van der Waals surface area contributed by atoms with Crippen molar-refractivity contribution in [2.24, 2.45) is 0 Å². The van der Waals surface area contributed by atoms with E-state index < -0.39 is 15.8 Å². The fourth-order valence-electron chi connectivity index (χ4n) is 3.60. The zero-order chi connectivity index (χ0) is 24.1. The van der Waals surface area contributed by atoms with E-state index in [0.29, 0.717) is 19.0 Å². The van der Waals surface area contributed by atoms with Crippen molar-refractivity contribution >= 4 is 21.6 Å². The van der Waals surface area contributed by atoms with Crippen molar-refractivity contribution in [3.63, 3.8) is 0 Å². The highest BCUT2D eigenvalue weighted by molar-refractivity contribution is 7.89. The van der Waals surface area contributed by atoms with Gasteiger partial charge in [-0.15, -0.1) is 0 Å². The fraction of sp³-hybridized carbons (Fsp3) is 0.240. The van der Waals surface area contributed by atoms with Gasteiger partial charge in [0.1, 0.15) is 11.6 Å². The van der Waals surface area contributed by atoms with Gasteiger partial charge >= 0.3 is 0 Å². The van der Waals surface area contributed by atoms with E-state index in [1.165, 1.54) is 46.8 Å². The predicted molar refractivity (Wildman–Crippen MR) is 126 cm³/mol. The molecule has 1 aliphatic rings. The van der Waals surface area contributed by atoms with Crippen molar-refractivity contribution in [2.45, 2.75) is 18.2 Å². The molecule has 178 valence electrons. The number of rotatable bonds is 7. The van der Waals surface area contributed by atoms with Gasteiger partial charge in [-0.1, -0.05) is 24.3 Å². The zero-order valence-corrected chi connectivity index (χ0v) is 19.5. The molecule has 1 saturated heterocycles. The van der Waals surface area contributed by atoms with Crippen molar-refractivity contribution in [3.05, 3.63) is 83.7 Å². The summed E-state index contributed by atoms with van der Waals surface area (Å²) >= 11 is 0. The molecule has 1 N–H and O–H groups in total. The normalized spacial score (nSPS) is 14.5. The van der Waals surface area contributed by atoms with Gasteiger partial charge in [-0.2, -0.15) is 4.31 Å². The highest BCUT2D eigenvalue weighted by atomic mass is 32.2. The Morgan fingerprint density at radius 1 is 1.06 bits per heavy atom. The van der Waals surface area contributed by atoms with E-state index in [0.717, 1.165) is 11.1 Å². The summed E-state index contributed by atoms with van der Waals surface area (Å²) < 4.78 is 52.0. The minimum absolute atomic E-state index is 0.0343. The lowest BCUT2D eigenvalue weighted by Crippen LogP contribution is -2.40. The number of amides is 1. The summed E-state index contributed by atoms with van der Waals surface area (Å²) in [7, 11) is -3.78. The van der Waals surface area contributed by atoms with Crippen molar-refractivity contribution in [2.75, 3.05) is 31.6 Å². The van der Waals surface area contributed by atoms with Crippen LogP contribution in [-0.2, 0) is 26.0 Å². The number of nitrogens with one attached hydrogen (secondary N) is 1. The van der Waals surface area contributed by atoms with Crippen LogP contribution in [0.15, 0.2) is 71.6 Å². The molecule has 0 atom stereocenters. The van der Waals surface area contributed by atoms with Gasteiger partial charge in [-0.25, -0.2) is 12.8 Å². The molecular formula is C25H25FN2O5S. The van der Waals surface area contributed by atoms with Crippen LogP contribution in [0, 0.1) is 12.7 Å². The fourth-order valence-corrected chi connectivity index (χ4v) is 5.03. The monoisotopic (exact) mass is 484 g/mol. The van der Waals surface area contributed by atoms with Gasteiger partial charge in [0, 0.05) is 13.1 Å². The molecule has 0 radical (unpaired) electrons. The van der Waals surface area contributed by atoms with Gasteiger partial charge in [0.15, 0.2) is 5.75 Å². The Morgan fingerprint density at radius 2 is 1.76 bits per heavy atom. The number of nitrogens with zero attached hydrogens (tertiary/aromatic N) is 1. The molecule has 0 aliphatic carbocycles. The molecule has 3 aromatic carbocycles. The second-order valence-corrected chi connectivity index (χ2v) is 9.82. The third-order valence-corrected chi connectivity index (χ3v) is 7.38. The Balaban J connectivity index is 1.64. The van der Waals surface area contributed by atoms with Gasteiger partial charge in [-0.05, 0) is 60.5 Å². The van der Waals surface area contributed by atoms with Crippen LogP contribution >= 0.6 is 0 Å². The van der Waals surface area contributed by atoms with E-state index in [-0.39, 0.29) is 41.7 Å². The van der Waals surface area contributed by atoms with E-state index in [1.54, 1.807) is 0 Å². The van der Waals surface area contributed by atoms with Crippen LogP contribution in [0.4, 0.5) is 10.1 Å². The maximum atomic E-state index is 13.3. The lowest BCUT2D eigenvalue weighted by atomic mass is 10.1. The number of ether oxygens (including phenoxy) is 2. The number of morpholine rings is 1. The maximum Gasteiger partial charge on any atom is 0.243 e. The number of anilines is 1. The van der Waals surface area contributed by atoms with Crippen molar-refractivity contribution in [3.8, 4) is 11.5 Å². The number of benzene rings is 3. The minimum atomic E-state index is -3.78. The summed E-state index contributed by atoms with van der Waals surface area (Å²) in [6.45, 7) is 3.08. The summed E-state index contributed by atoms with van der Waals surface area (Å²) in [5.41, 5.74) is 2.04. The van der Waals surface area contributed by atoms with Crippen molar-refractivity contribution in [1.29, 1.82) is 0 Å². The Bertz CT molecular complexity index is 1270. The van der Waals surface area contributed by atoms with Gasteiger partial charge < -0.3 is 14.8 Å². The lowest BCUT2D eigenvalue weighted by Gasteiger charge is -2.26. The van der Waals surface area contributed by atoms with E-state index in [9.17, 15) is 17.6 Å². The molecule has 0 unspecified atom stereocenters. The number of sulfonamides is 1. The molecule has 1 fully saturated rings. The van der Waals surface area contributed by atoms with E-state index in [4.69, 9.17) is 9.47 Å². The molecular weight excluding hydrogens is 459 g/mol. The SMILES string of the molecule is Cc1ccccc1CC(=O)Nc1cc(S(=O)(=O)N2CCOCC2)ccc1Oc1ccc(F)cc1. The van der Waals surface area contributed by atoms with Crippen LogP contribution in [0.25, 0.3) is 0 Å². The first-order valence-electron chi connectivity index (χ1n) is 10.8. The lowest BCUT2D eigenvalue weighted by molar-refractivity contribution is -0.115. The summed E-state index contributed by atoms with van der Waals surface area (Å²) in [6, 6.07) is 17.2. The van der Waals surface area contributed by atoms with Gasteiger partial charge in [0.2, 0.25) is 15.9 Å². The smallest absolute Gasteiger partial charge is 0.243 e. The Hall–Kier alpha value is -3.27. The van der Waals surface area contributed by atoms with Crippen LogP contribution in [0.1, 0.15) is 11.1 Å². The number of halogens is 1. The summed E-state index contributed by atoms with van der Waals surface area (Å²) in [6.07, 6.45) is 0.114. The third kappa shape index (κ3) is 5.61. The first-order valence-corrected chi connectivity index (χ1v) is 12.3. The maximum absolute atomic E-state index is 13.3. The predicted octanol–water partition coefficient (Wildman–Crippen LogP) is 4.13. The molecule has 7 nitrogen and oxygen atoms in total. The van der Waals surface area contributed by atoms with Crippen LogP contribution in [0.3, 0.4) is 0 Å². The number of hydrogen-bond acceptors (Lipinski definition) is 5. The summed E-state index contributed by atoms with van der Waals surface area (Å²) in [5.74, 6) is -0.143. The minimum Gasteiger partial charge on any atom is -0.455 e. The van der Waals surface area contributed by atoms with E-state index >= 15 is 0 Å². The molecule has 34 heavy (non-hydrogen) atoms. The average molecular weight is 485 g/mol. The number of aryl methyl sites for hydroxylation is 1. The molecule has 4 rings (SSSR count). The topological polar surface area (TPSA) is 84.9 Å². The zero-order valence-electron chi connectivity index (χ0n) is 18.7.